The molecule has 17 heavy (non-hydrogen) atoms. The molecule has 0 aromatic rings. The lowest BCUT2D eigenvalue weighted by atomic mass is 9.94. The molecule has 0 aromatic heterocycles. The molecule has 0 spiro atoms. The second kappa shape index (κ2) is 6.39. The van der Waals surface area contributed by atoms with Crippen LogP contribution in [-0.2, 0) is 4.79 Å². The molecule has 3 heteroatoms. The monoisotopic (exact) mass is 238 g/mol. The summed E-state index contributed by atoms with van der Waals surface area (Å²) in [6.45, 7) is 4.34. The molecule has 1 saturated carbocycles. The van der Waals surface area contributed by atoms with Crippen LogP contribution in [0.15, 0.2) is 0 Å². The lowest BCUT2D eigenvalue weighted by Gasteiger charge is -2.23. The van der Waals surface area contributed by atoms with E-state index in [1.54, 1.807) is 0 Å². The van der Waals surface area contributed by atoms with Gasteiger partial charge in [-0.1, -0.05) is 19.8 Å². The molecule has 2 fully saturated rings. The number of carbonyl (C=O) groups excluding carboxylic acids is 1. The van der Waals surface area contributed by atoms with Crippen LogP contribution in [0.1, 0.15) is 51.9 Å². The van der Waals surface area contributed by atoms with Gasteiger partial charge in [-0.2, -0.15) is 0 Å². The molecular formula is C14H26N2O. The maximum atomic E-state index is 12.0. The number of piperidine rings is 1. The molecule has 98 valence electrons. The first-order valence-corrected chi connectivity index (χ1v) is 7.28. The minimum absolute atomic E-state index is 0.282. The molecule has 1 saturated heterocycles. The molecule has 3 nitrogen and oxygen atoms in total. The molecule has 1 unspecified atom stereocenters. The second-order valence-corrected chi connectivity index (χ2v) is 5.75. The van der Waals surface area contributed by atoms with Crippen LogP contribution in [0.2, 0.25) is 0 Å². The van der Waals surface area contributed by atoms with Crippen molar-refractivity contribution in [2.24, 2.45) is 11.8 Å². The van der Waals surface area contributed by atoms with E-state index in [1.807, 2.05) is 0 Å². The zero-order valence-corrected chi connectivity index (χ0v) is 11.0. The van der Waals surface area contributed by atoms with Gasteiger partial charge in [0.15, 0.2) is 0 Å². The molecule has 2 N–H and O–H groups in total. The number of amides is 1. The summed E-state index contributed by atoms with van der Waals surface area (Å²) in [5.41, 5.74) is 0. The number of hydrogen-bond acceptors (Lipinski definition) is 2. The number of rotatable bonds is 6. The van der Waals surface area contributed by atoms with E-state index in [0.717, 1.165) is 44.7 Å². The third kappa shape index (κ3) is 4.66. The van der Waals surface area contributed by atoms with Crippen LogP contribution in [-0.4, -0.2) is 25.0 Å². The highest BCUT2D eigenvalue weighted by atomic mass is 16.1. The molecule has 1 aliphatic heterocycles. The molecule has 2 rings (SSSR count). The van der Waals surface area contributed by atoms with Crippen molar-refractivity contribution in [1.29, 1.82) is 0 Å². The minimum atomic E-state index is 0.282. The summed E-state index contributed by atoms with van der Waals surface area (Å²) in [6, 6.07) is 0.428. The molecule has 1 amide bonds. The van der Waals surface area contributed by atoms with Crippen molar-refractivity contribution < 1.29 is 4.79 Å². The van der Waals surface area contributed by atoms with Gasteiger partial charge in [0.1, 0.15) is 0 Å². The summed E-state index contributed by atoms with van der Waals surface area (Å²) in [7, 11) is 0. The van der Waals surface area contributed by atoms with E-state index in [-0.39, 0.29) is 5.91 Å². The molecule has 2 aliphatic rings. The molecule has 1 aliphatic carbocycles. The second-order valence-electron chi connectivity index (χ2n) is 5.75. The van der Waals surface area contributed by atoms with Gasteiger partial charge in [-0.05, 0) is 50.6 Å². The Morgan fingerprint density at radius 3 is 2.53 bits per heavy atom. The highest BCUT2D eigenvalue weighted by Gasteiger charge is 2.26. The van der Waals surface area contributed by atoms with Gasteiger partial charge in [0.2, 0.25) is 5.91 Å². The minimum Gasteiger partial charge on any atom is -0.353 e. The van der Waals surface area contributed by atoms with Gasteiger partial charge in [-0.3, -0.25) is 4.79 Å². The van der Waals surface area contributed by atoms with Crippen molar-refractivity contribution in [3.8, 4) is 0 Å². The zero-order valence-electron chi connectivity index (χ0n) is 11.0. The van der Waals surface area contributed by atoms with Gasteiger partial charge in [0.05, 0.1) is 0 Å². The summed E-state index contributed by atoms with van der Waals surface area (Å²) < 4.78 is 0. The smallest absolute Gasteiger partial charge is 0.220 e. The van der Waals surface area contributed by atoms with Crippen molar-refractivity contribution in [2.45, 2.75) is 57.9 Å². The highest BCUT2D eigenvalue weighted by molar-refractivity contribution is 5.76. The molecule has 1 atom stereocenters. The first-order valence-electron chi connectivity index (χ1n) is 7.28. The van der Waals surface area contributed by atoms with E-state index in [2.05, 4.69) is 17.6 Å². The van der Waals surface area contributed by atoms with Gasteiger partial charge in [0, 0.05) is 12.5 Å². The van der Waals surface area contributed by atoms with E-state index < -0.39 is 0 Å². The van der Waals surface area contributed by atoms with Crippen LogP contribution in [0.5, 0.6) is 0 Å². The SMILES string of the molecule is CCC(CC1CC1)NC(=O)CC1CCNCC1. The summed E-state index contributed by atoms with van der Waals surface area (Å²) in [4.78, 5) is 12.0. The largest absolute Gasteiger partial charge is 0.353 e. The molecular weight excluding hydrogens is 212 g/mol. The van der Waals surface area contributed by atoms with E-state index in [1.165, 1.54) is 19.3 Å². The predicted octanol–water partition coefficient (Wildman–Crippen LogP) is 2.07. The Morgan fingerprint density at radius 2 is 1.94 bits per heavy atom. The average molecular weight is 238 g/mol. The Hall–Kier alpha value is -0.570. The normalized spacial score (nSPS) is 23.4. The van der Waals surface area contributed by atoms with Gasteiger partial charge in [-0.25, -0.2) is 0 Å². The predicted molar refractivity (Wildman–Crippen MR) is 69.8 cm³/mol. The van der Waals surface area contributed by atoms with Gasteiger partial charge < -0.3 is 10.6 Å². The van der Waals surface area contributed by atoms with Crippen LogP contribution in [0.4, 0.5) is 0 Å². The standard InChI is InChI=1S/C14H26N2O/c1-2-13(9-11-3-4-11)16-14(17)10-12-5-7-15-8-6-12/h11-13,15H,2-10H2,1H3,(H,16,17). The van der Waals surface area contributed by atoms with E-state index in [0.29, 0.717) is 12.0 Å². The van der Waals surface area contributed by atoms with Crippen molar-refractivity contribution in [3.05, 3.63) is 0 Å². The van der Waals surface area contributed by atoms with Crippen molar-refractivity contribution in [2.75, 3.05) is 13.1 Å². The van der Waals surface area contributed by atoms with Crippen LogP contribution < -0.4 is 10.6 Å². The molecule has 0 aromatic carbocycles. The fourth-order valence-corrected chi connectivity index (χ4v) is 2.72. The Bertz CT molecular complexity index is 245. The highest BCUT2D eigenvalue weighted by Crippen LogP contribution is 2.34. The first kappa shape index (κ1) is 12.9. The lowest BCUT2D eigenvalue weighted by Crippen LogP contribution is -2.37. The molecule has 1 heterocycles. The number of carbonyl (C=O) groups is 1. The number of nitrogens with one attached hydrogen (secondary N) is 2. The van der Waals surface area contributed by atoms with Crippen molar-refractivity contribution in [3.63, 3.8) is 0 Å². The fraction of sp³-hybridized carbons (Fsp3) is 0.929. The zero-order chi connectivity index (χ0) is 12.1. The summed E-state index contributed by atoms with van der Waals surface area (Å²) in [5.74, 6) is 1.79. The first-order chi connectivity index (χ1) is 8.28. The summed E-state index contributed by atoms with van der Waals surface area (Å²) in [6.07, 6.45) is 8.09. The third-order valence-corrected chi connectivity index (χ3v) is 4.11. The Balaban J connectivity index is 1.66. The fourth-order valence-electron chi connectivity index (χ4n) is 2.72. The summed E-state index contributed by atoms with van der Waals surface area (Å²) in [5, 5.41) is 6.57. The van der Waals surface area contributed by atoms with Crippen LogP contribution in [0.25, 0.3) is 0 Å². The lowest BCUT2D eigenvalue weighted by molar-refractivity contribution is -0.123. The van der Waals surface area contributed by atoms with Crippen molar-refractivity contribution in [1.82, 2.24) is 10.6 Å². The van der Waals surface area contributed by atoms with E-state index in [4.69, 9.17) is 0 Å². The number of hydrogen-bond donors (Lipinski definition) is 2. The quantitative estimate of drug-likeness (QED) is 0.744. The molecule has 0 bridgehead atoms. The topological polar surface area (TPSA) is 41.1 Å². The van der Waals surface area contributed by atoms with E-state index >= 15 is 0 Å². The Labute approximate surface area is 105 Å². The molecule has 0 radical (unpaired) electrons. The van der Waals surface area contributed by atoms with Gasteiger partial charge in [0.25, 0.3) is 0 Å². The van der Waals surface area contributed by atoms with Crippen molar-refractivity contribution >= 4 is 5.91 Å². The van der Waals surface area contributed by atoms with Gasteiger partial charge in [-0.15, -0.1) is 0 Å². The Kier molecular flexibility index (Phi) is 4.84. The maximum absolute atomic E-state index is 12.0. The van der Waals surface area contributed by atoms with Crippen LogP contribution in [0.3, 0.4) is 0 Å². The third-order valence-electron chi connectivity index (χ3n) is 4.11. The van der Waals surface area contributed by atoms with Gasteiger partial charge >= 0.3 is 0 Å². The van der Waals surface area contributed by atoms with Crippen LogP contribution in [0, 0.1) is 11.8 Å². The average Bonchev–Trinajstić information content (AvgIpc) is 3.13. The summed E-state index contributed by atoms with van der Waals surface area (Å²) >= 11 is 0. The Morgan fingerprint density at radius 1 is 1.24 bits per heavy atom. The maximum Gasteiger partial charge on any atom is 0.220 e. The van der Waals surface area contributed by atoms with Crippen LogP contribution >= 0.6 is 0 Å². The van der Waals surface area contributed by atoms with E-state index in [9.17, 15) is 4.79 Å².